The van der Waals surface area contributed by atoms with Gasteiger partial charge in [0.05, 0.1) is 11.6 Å². The van der Waals surface area contributed by atoms with Gasteiger partial charge in [-0.15, -0.1) is 11.3 Å². The van der Waals surface area contributed by atoms with Gasteiger partial charge in [-0.3, -0.25) is 9.58 Å². The molecule has 120 valence electrons. The highest BCUT2D eigenvalue weighted by Crippen LogP contribution is 2.23. The van der Waals surface area contributed by atoms with E-state index < -0.39 is 0 Å². The fourth-order valence-corrected chi connectivity index (χ4v) is 4.21. The Kier molecular flexibility index (Phi) is 5.52. The number of aromatic nitrogens is 2. The molecule has 0 saturated carbocycles. The molecule has 6 heteroatoms. The second-order valence-electron chi connectivity index (χ2n) is 5.99. The van der Waals surface area contributed by atoms with Gasteiger partial charge in [0.2, 0.25) is 0 Å². The minimum atomic E-state index is 0.682. The van der Waals surface area contributed by atoms with E-state index in [1.807, 2.05) is 28.5 Å². The molecule has 1 fully saturated rings. The lowest BCUT2D eigenvalue weighted by atomic mass is 10.0. The second-order valence-corrected chi connectivity index (χ2v) is 7.42. The number of rotatable bonds is 6. The second kappa shape index (κ2) is 7.59. The van der Waals surface area contributed by atoms with Crippen LogP contribution in [0.1, 0.15) is 17.7 Å². The number of halogens is 1. The summed E-state index contributed by atoms with van der Waals surface area (Å²) in [6.07, 6.45) is 6.37. The standard InChI is InChI=1S/C16H23ClN4S/c1-19(12-16-11-14(17)13-22-16)15-3-7-20(8-4-15)9-10-21-6-2-5-18-21/h2,5-6,11,13,15H,3-4,7-10,12H2,1H3. The van der Waals surface area contributed by atoms with Crippen LogP contribution in [0.5, 0.6) is 0 Å². The van der Waals surface area contributed by atoms with Crippen LogP contribution in [0.25, 0.3) is 0 Å². The van der Waals surface area contributed by atoms with Gasteiger partial charge in [0.15, 0.2) is 0 Å². The third kappa shape index (κ3) is 4.32. The minimum Gasteiger partial charge on any atom is -0.301 e. The van der Waals surface area contributed by atoms with Crippen LogP contribution >= 0.6 is 22.9 Å². The molecule has 0 bridgehead atoms. The quantitative estimate of drug-likeness (QED) is 0.808. The highest BCUT2D eigenvalue weighted by Gasteiger charge is 2.22. The van der Waals surface area contributed by atoms with E-state index in [9.17, 15) is 0 Å². The number of thiophene rings is 1. The van der Waals surface area contributed by atoms with E-state index >= 15 is 0 Å². The van der Waals surface area contributed by atoms with Crippen molar-refractivity contribution in [2.45, 2.75) is 32.0 Å². The topological polar surface area (TPSA) is 24.3 Å². The summed E-state index contributed by atoms with van der Waals surface area (Å²) in [5.41, 5.74) is 0. The molecular weight excluding hydrogens is 316 g/mol. The molecule has 1 aliphatic heterocycles. The van der Waals surface area contributed by atoms with Crippen LogP contribution in [0.4, 0.5) is 0 Å². The Bertz CT molecular complexity index is 560. The third-order valence-corrected chi connectivity index (χ3v) is 5.68. The molecule has 0 aromatic carbocycles. The maximum absolute atomic E-state index is 6.00. The molecule has 0 aliphatic carbocycles. The fourth-order valence-electron chi connectivity index (χ4n) is 3.07. The average Bonchev–Trinajstić information content (AvgIpc) is 3.17. The van der Waals surface area contributed by atoms with Gasteiger partial charge >= 0.3 is 0 Å². The van der Waals surface area contributed by atoms with Crippen LogP contribution in [-0.4, -0.2) is 52.3 Å². The highest BCUT2D eigenvalue weighted by atomic mass is 35.5. The van der Waals surface area contributed by atoms with Gasteiger partial charge in [0, 0.05) is 41.8 Å². The Labute approximate surface area is 141 Å². The Morgan fingerprint density at radius 2 is 2.18 bits per heavy atom. The lowest BCUT2D eigenvalue weighted by molar-refractivity contribution is 0.121. The number of likely N-dealkylation sites (tertiary alicyclic amines) is 1. The molecule has 1 aliphatic rings. The predicted molar refractivity (Wildman–Crippen MR) is 92.5 cm³/mol. The molecule has 0 atom stereocenters. The van der Waals surface area contributed by atoms with Gasteiger partial charge in [-0.05, 0) is 45.1 Å². The molecule has 0 radical (unpaired) electrons. The Hall–Kier alpha value is -0.880. The van der Waals surface area contributed by atoms with Gasteiger partial charge in [0.25, 0.3) is 0 Å². The van der Waals surface area contributed by atoms with Gasteiger partial charge in [0.1, 0.15) is 0 Å². The molecule has 0 spiro atoms. The minimum absolute atomic E-state index is 0.682. The molecule has 3 heterocycles. The monoisotopic (exact) mass is 338 g/mol. The fraction of sp³-hybridized carbons (Fsp3) is 0.562. The molecule has 0 unspecified atom stereocenters. The average molecular weight is 339 g/mol. The van der Waals surface area contributed by atoms with E-state index in [0.29, 0.717) is 6.04 Å². The highest BCUT2D eigenvalue weighted by molar-refractivity contribution is 7.10. The van der Waals surface area contributed by atoms with Crippen LogP contribution in [-0.2, 0) is 13.1 Å². The summed E-state index contributed by atoms with van der Waals surface area (Å²) in [6, 6.07) is 4.75. The van der Waals surface area contributed by atoms with Crippen molar-refractivity contribution < 1.29 is 0 Å². The van der Waals surface area contributed by atoms with Crippen molar-refractivity contribution in [3.05, 3.63) is 39.8 Å². The summed E-state index contributed by atoms with van der Waals surface area (Å²) in [4.78, 5) is 6.38. The first kappa shape index (κ1) is 16.0. The van der Waals surface area contributed by atoms with Gasteiger partial charge in [-0.2, -0.15) is 5.10 Å². The van der Waals surface area contributed by atoms with Crippen LogP contribution in [0.2, 0.25) is 5.02 Å². The van der Waals surface area contributed by atoms with Crippen molar-refractivity contribution >= 4 is 22.9 Å². The molecule has 0 amide bonds. The summed E-state index contributed by atoms with van der Waals surface area (Å²) in [6.45, 7) is 5.46. The number of piperidine rings is 1. The normalized spacial score (nSPS) is 17.4. The third-order valence-electron chi connectivity index (χ3n) is 4.41. The first-order valence-corrected chi connectivity index (χ1v) is 9.09. The SMILES string of the molecule is CN(Cc1cc(Cl)cs1)C1CCN(CCn2cccn2)CC1. The number of hydrogen-bond acceptors (Lipinski definition) is 4. The molecular formula is C16H23ClN4S. The van der Waals surface area contributed by atoms with Gasteiger partial charge < -0.3 is 4.90 Å². The van der Waals surface area contributed by atoms with E-state index in [0.717, 1.165) is 24.7 Å². The van der Waals surface area contributed by atoms with E-state index in [4.69, 9.17) is 11.6 Å². The Morgan fingerprint density at radius 1 is 1.36 bits per heavy atom. The van der Waals surface area contributed by atoms with E-state index in [1.165, 1.54) is 30.8 Å². The zero-order valence-electron chi connectivity index (χ0n) is 13.0. The number of nitrogens with zero attached hydrogens (tertiary/aromatic N) is 4. The molecule has 22 heavy (non-hydrogen) atoms. The molecule has 3 rings (SSSR count). The summed E-state index contributed by atoms with van der Waals surface area (Å²) >= 11 is 7.76. The molecule has 4 nitrogen and oxygen atoms in total. The molecule has 2 aromatic rings. The first-order valence-electron chi connectivity index (χ1n) is 7.83. The zero-order chi connectivity index (χ0) is 15.4. The van der Waals surface area contributed by atoms with Crippen molar-refractivity contribution in [3.63, 3.8) is 0 Å². The summed E-state index contributed by atoms with van der Waals surface area (Å²) in [7, 11) is 2.23. The maximum Gasteiger partial charge on any atom is 0.0536 e. The Balaban J connectivity index is 1.41. The largest absolute Gasteiger partial charge is 0.301 e. The van der Waals surface area contributed by atoms with Crippen molar-refractivity contribution in [1.82, 2.24) is 19.6 Å². The summed E-state index contributed by atoms with van der Waals surface area (Å²) in [5.74, 6) is 0. The van der Waals surface area contributed by atoms with E-state index in [1.54, 1.807) is 11.3 Å². The van der Waals surface area contributed by atoms with Crippen LogP contribution in [0.3, 0.4) is 0 Å². The molecule has 0 N–H and O–H groups in total. The van der Waals surface area contributed by atoms with Crippen LogP contribution in [0.15, 0.2) is 29.9 Å². The maximum atomic E-state index is 6.00. The predicted octanol–water partition coefficient (Wildman–Crippen LogP) is 3.19. The first-order chi connectivity index (χ1) is 10.7. The van der Waals surface area contributed by atoms with Crippen molar-refractivity contribution in [2.75, 3.05) is 26.7 Å². The zero-order valence-corrected chi connectivity index (χ0v) is 14.6. The molecule has 1 saturated heterocycles. The van der Waals surface area contributed by atoms with Gasteiger partial charge in [-0.1, -0.05) is 11.6 Å². The van der Waals surface area contributed by atoms with Crippen molar-refractivity contribution in [1.29, 1.82) is 0 Å². The summed E-state index contributed by atoms with van der Waals surface area (Å²) in [5, 5.41) is 7.14. The van der Waals surface area contributed by atoms with Crippen LogP contribution in [0, 0.1) is 0 Å². The number of hydrogen-bond donors (Lipinski definition) is 0. The lowest BCUT2D eigenvalue weighted by Gasteiger charge is -2.36. The lowest BCUT2D eigenvalue weighted by Crippen LogP contribution is -2.43. The molecule has 2 aromatic heterocycles. The van der Waals surface area contributed by atoms with Crippen molar-refractivity contribution in [2.24, 2.45) is 0 Å². The van der Waals surface area contributed by atoms with E-state index in [2.05, 4.69) is 28.0 Å². The van der Waals surface area contributed by atoms with Crippen molar-refractivity contribution in [3.8, 4) is 0 Å². The van der Waals surface area contributed by atoms with Crippen LogP contribution < -0.4 is 0 Å². The van der Waals surface area contributed by atoms with Gasteiger partial charge in [-0.25, -0.2) is 0 Å². The smallest absolute Gasteiger partial charge is 0.0536 e. The van der Waals surface area contributed by atoms with E-state index in [-0.39, 0.29) is 0 Å². The summed E-state index contributed by atoms with van der Waals surface area (Å²) < 4.78 is 2.01. The Morgan fingerprint density at radius 3 is 2.82 bits per heavy atom.